The number of rotatable bonds is 7. The molecular weight excluding hydrogens is 258 g/mol. The molecule has 0 aliphatic heterocycles. The minimum absolute atomic E-state index is 0.690. The van der Waals surface area contributed by atoms with Gasteiger partial charge in [0.15, 0.2) is 0 Å². The summed E-state index contributed by atoms with van der Waals surface area (Å²) in [7, 11) is 1.70. The van der Waals surface area contributed by atoms with Gasteiger partial charge in [-0.1, -0.05) is 43.3 Å². The Balaban J connectivity index is 2.10. The first-order chi connectivity index (χ1) is 10.2. The molecule has 2 nitrogen and oxygen atoms in total. The highest BCUT2D eigenvalue weighted by Crippen LogP contribution is 2.25. The molecule has 0 bridgehead atoms. The van der Waals surface area contributed by atoms with Crippen LogP contribution in [-0.4, -0.2) is 13.7 Å². The average molecular weight is 283 g/mol. The number of benzene rings is 2. The largest absolute Gasteiger partial charge is 0.497 e. The third kappa shape index (κ3) is 4.61. The summed E-state index contributed by atoms with van der Waals surface area (Å²) in [4.78, 5) is 0. The van der Waals surface area contributed by atoms with E-state index in [0.717, 1.165) is 25.1 Å². The molecule has 21 heavy (non-hydrogen) atoms. The normalized spacial score (nSPS) is 12.1. The van der Waals surface area contributed by atoms with Crippen molar-refractivity contribution < 1.29 is 4.74 Å². The Kier molecular flexibility index (Phi) is 5.82. The summed E-state index contributed by atoms with van der Waals surface area (Å²) >= 11 is 0. The Morgan fingerprint density at radius 1 is 1.00 bits per heavy atom. The summed E-state index contributed by atoms with van der Waals surface area (Å²) in [5, 5.41) is 0. The van der Waals surface area contributed by atoms with E-state index in [1.54, 1.807) is 7.11 Å². The van der Waals surface area contributed by atoms with Gasteiger partial charge in [-0.25, -0.2) is 0 Å². The number of ether oxygens (including phenoxy) is 1. The van der Waals surface area contributed by atoms with Gasteiger partial charge in [0.05, 0.1) is 7.11 Å². The van der Waals surface area contributed by atoms with E-state index < -0.39 is 0 Å². The van der Waals surface area contributed by atoms with Gasteiger partial charge < -0.3 is 10.5 Å². The van der Waals surface area contributed by atoms with Crippen molar-refractivity contribution in [2.75, 3.05) is 13.7 Å². The molecule has 1 unspecified atom stereocenters. The molecule has 0 saturated carbocycles. The molecule has 2 heteroatoms. The standard InChI is InChI=1S/C19H25NO/c1-15(11-12-20)9-10-16-5-3-6-17(13-16)18-7-4-8-19(14-18)21-2/h3-8,13-15H,9-12,20H2,1-2H3. The number of hydrogen-bond acceptors (Lipinski definition) is 2. The SMILES string of the molecule is COc1cccc(-c2cccc(CCC(C)CCN)c2)c1. The third-order valence-electron chi connectivity index (χ3n) is 3.92. The van der Waals surface area contributed by atoms with E-state index in [0.29, 0.717) is 5.92 Å². The van der Waals surface area contributed by atoms with Crippen LogP contribution in [0.1, 0.15) is 25.3 Å². The summed E-state index contributed by atoms with van der Waals surface area (Å²) in [5.74, 6) is 1.59. The molecule has 0 aliphatic carbocycles. The lowest BCUT2D eigenvalue weighted by atomic mass is 9.96. The zero-order valence-electron chi connectivity index (χ0n) is 13.0. The van der Waals surface area contributed by atoms with E-state index in [2.05, 4.69) is 43.3 Å². The third-order valence-corrected chi connectivity index (χ3v) is 3.92. The van der Waals surface area contributed by atoms with Crippen LogP contribution in [0.2, 0.25) is 0 Å². The second kappa shape index (κ2) is 7.84. The smallest absolute Gasteiger partial charge is 0.119 e. The van der Waals surface area contributed by atoms with Gasteiger partial charge in [0, 0.05) is 0 Å². The monoisotopic (exact) mass is 283 g/mol. The Bertz CT molecular complexity index is 565. The van der Waals surface area contributed by atoms with Crippen molar-refractivity contribution in [2.24, 2.45) is 11.7 Å². The average Bonchev–Trinajstić information content (AvgIpc) is 2.53. The van der Waals surface area contributed by atoms with Crippen molar-refractivity contribution in [2.45, 2.75) is 26.2 Å². The quantitative estimate of drug-likeness (QED) is 0.823. The molecule has 1 atom stereocenters. The first-order valence-corrected chi connectivity index (χ1v) is 7.66. The van der Waals surface area contributed by atoms with Gasteiger partial charge in [-0.15, -0.1) is 0 Å². The van der Waals surface area contributed by atoms with Crippen molar-refractivity contribution in [3.8, 4) is 16.9 Å². The molecule has 0 saturated heterocycles. The lowest BCUT2D eigenvalue weighted by molar-refractivity contribution is 0.415. The number of aryl methyl sites for hydroxylation is 1. The van der Waals surface area contributed by atoms with Crippen molar-refractivity contribution in [1.82, 2.24) is 0 Å². The number of methoxy groups -OCH3 is 1. The maximum absolute atomic E-state index is 5.61. The van der Waals surface area contributed by atoms with E-state index in [9.17, 15) is 0 Å². The number of nitrogens with two attached hydrogens (primary N) is 1. The van der Waals surface area contributed by atoms with Crippen LogP contribution in [0.3, 0.4) is 0 Å². The Labute approximate surface area is 127 Å². The van der Waals surface area contributed by atoms with Crippen LogP contribution in [-0.2, 0) is 6.42 Å². The van der Waals surface area contributed by atoms with Gasteiger partial charge in [0.25, 0.3) is 0 Å². The van der Waals surface area contributed by atoms with Crippen molar-refractivity contribution >= 4 is 0 Å². The molecule has 0 aromatic heterocycles. The second-order valence-corrected chi connectivity index (χ2v) is 5.65. The van der Waals surface area contributed by atoms with Crippen molar-refractivity contribution in [1.29, 1.82) is 0 Å². The van der Waals surface area contributed by atoms with Crippen molar-refractivity contribution in [3.05, 3.63) is 54.1 Å². The molecule has 0 spiro atoms. The molecule has 0 heterocycles. The van der Waals surface area contributed by atoms with Crippen LogP contribution in [0.25, 0.3) is 11.1 Å². The van der Waals surface area contributed by atoms with E-state index in [1.165, 1.54) is 23.1 Å². The summed E-state index contributed by atoms with van der Waals surface area (Å²) in [5.41, 5.74) is 9.45. The minimum atomic E-state index is 0.690. The molecule has 0 fully saturated rings. The maximum atomic E-state index is 5.61. The van der Waals surface area contributed by atoms with E-state index >= 15 is 0 Å². The first kappa shape index (κ1) is 15.6. The highest BCUT2D eigenvalue weighted by atomic mass is 16.5. The van der Waals surface area contributed by atoms with Gasteiger partial charge in [0.1, 0.15) is 5.75 Å². The van der Waals surface area contributed by atoms with Crippen LogP contribution in [0.5, 0.6) is 5.75 Å². The summed E-state index contributed by atoms with van der Waals surface area (Å²) < 4.78 is 5.30. The van der Waals surface area contributed by atoms with Gasteiger partial charge >= 0.3 is 0 Å². The summed E-state index contributed by atoms with van der Waals surface area (Å²) in [6.45, 7) is 3.06. The molecule has 2 aromatic carbocycles. The zero-order chi connectivity index (χ0) is 15.1. The molecule has 112 valence electrons. The minimum Gasteiger partial charge on any atom is -0.497 e. The van der Waals surface area contributed by atoms with Crippen LogP contribution >= 0.6 is 0 Å². The fourth-order valence-electron chi connectivity index (χ4n) is 2.55. The maximum Gasteiger partial charge on any atom is 0.119 e. The molecule has 0 amide bonds. The van der Waals surface area contributed by atoms with Crippen LogP contribution in [0, 0.1) is 5.92 Å². The highest BCUT2D eigenvalue weighted by Gasteiger charge is 2.04. The Morgan fingerprint density at radius 3 is 2.43 bits per heavy atom. The van der Waals surface area contributed by atoms with Crippen molar-refractivity contribution in [3.63, 3.8) is 0 Å². The van der Waals surface area contributed by atoms with Gasteiger partial charge in [-0.3, -0.25) is 0 Å². The van der Waals surface area contributed by atoms with Gasteiger partial charge in [0.2, 0.25) is 0 Å². The lowest BCUT2D eigenvalue weighted by Crippen LogP contribution is -2.06. The van der Waals surface area contributed by atoms with Crippen LogP contribution in [0.15, 0.2) is 48.5 Å². The molecule has 0 aliphatic rings. The molecule has 0 radical (unpaired) electrons. The first-order valence-electron chi connectivity index (χ1n) is 7.66. The summed E-state index contributed by atoms with van der Waals surface area (Å²) in [6, 6.07) is 17.0. The fourth-order valence-corrected chi connectivity index (χ4v) is 2.55. The lowest BCUT2D eigenvalue weighted by Gasteiger charge is -2.11. The van der Waals surface area contributed by atoms with E-state index in [1.807, 2.05) is 12.1 Å². The topological polar surface area (TPSA) is 35.2 Å². The molecule has 2 rings (SSSR count). The molecule has 2 N–H and O–H groups in total. The Morgan fingerprint density at radius 2 is 1.71 bits per heavy atom. The van der Waals surface area contributed by atoms with E-state index in [4.69, 9.17) is 10.5 Å². The van der Waals surface area contributed by atoms with Crippen LogP contribution < -0.4 is 10.5 Å². The molecule has 2 aromatic rings. The van der Waals surface area contributed by atoms with Crippen LogP contribution in [0.4, 0.5) is 0 Å². The zero-order valence-corrected chi connectivity index (χ0v) is 13.0. The predicted octanol–water partition coefficient (Wildman–Crippen LogP) is 4.28. The fraction of sp³-hybridized carbons (Fsp3) is 0.368. The van der Waals surface area contributed by atoms with Gasteiger partial charge in [-0.05, 0) is 60.5 Å². The van der Waals surface area contributed by atoms with E-state index in [-0.39, 0.29) is 0 Å². The summed E-state index contributed by atoms with van der Waals surface area (Å²) in [6.07, 6.45) is 3.41. The Hall–Kier alpha value is -1.80. The second-order valence-electron chi connectivity index (χ2n) is 5.65. The molecular formula is C19H25NO. The van der Waals surface area contributed by atoms with Gasteiger partial charge in [-0.2, -0.15) is 0 Å². The number of hydrogen-bond donors (Lipinski definition) is 1. The predicted molar refractivity (Wildman–Crippen MR) is 89.6 cm³/mol. The highest BCUT2D eigenvalue weighted by molar-refractivity contribution is 5.65.